The summed E-state index contributed by atoms with van der Waals surface area (Å²) < 4.78 is 13.0. The van der Waals surface area contributed by atoms with Crippen molar-refractivity contribution < 1.29 is 4.39 Å². The van der Waals surface area contributed by atoms with Gasteiger partial charge < -0.3 is 5.73 Å². The highest BCUT2D eigenvalue weighted by atomic mass is 35.5. The topological polar surface area (TPSA) is 29.3 Å². The molecule has 0 spiro atoms. The molecule has 0 saturated carbocycles. The molecule has 2 nitrogen and oxygen atoms in total. The molecular weight excluding hydrogens is 251 g/mol. The van der Waals surface area contributed by atoms with Crippen LogP contribution in [0, 0.1) is 11.7 Å². The van der Waals surface area contributed by atoms with Crippen LogP contribution < -0.4 is 5.73 Å². The number of piperidine rings is 1. The molecule has 1 fully saturated rings. The van der Waals surface area contributed by atoms with E-state index in [2.05, 4.69) is 18.7 Å². The molecular formula is C14H20ClFN2. The van der Waals surface area contributed by atoms with Crippen LogP contribution in [-0.4, -0.2) is 24.0 Å². The molecule has 1 heterocycles. The molecule has 3 atom stereocenters. The highest BCUT2D eigenvalue weighted by Crippen LogP contribution is 2.30. The Hall–Kier alpha value is -0.640. The van der Waals surface area contributed by atoms with Crippen molar-refractivity contribution >= 4 is 11.6 Å². The Labute approximate surface area is 113 Å². The van der Waals surface area contributed by atoms with Crippen LogP contribution in [0.3, 0.4) is 0 Å². The lowest BCUT2D eigenvalue weighted by Crippen LogP contribution is -2.48. The first-order valence-corrected chi connectivity index (χ1v) is 6.81. The van der Waals surface area contributed by atoms with E-state index in [1.165, 1.54) is 12.1 Å². The molecule has 0 radical (unpaired) electrons. The van der Waals surface area contributed by atoms with Gasteiger partial charge in [-0.3, -0.25) is 4.90 Å². The van der Waals surface area contributed by atoms with Gasteiger partial charge in [0.25, 0.3) is 0 Å². The Morgan fingerprint density at radius 1 is 1.50 bits per heavy atom. The number of nitrogens with two attached hydrogens (primary N) is 1. The minimum absolute atomic E-state index is 0.177. The second-order valence-corrected chi connectivity index (χ2v) is 5.67. The summed E-state index contributed by atoms with van der Waals surface area (Å²) in [7, 11) is 0. The molecule has 2 N–H and O–H groups in total. The van der Waals surface area contributed by atoms with Gasteiger partial charge in [-0.1, -0.05) is 24.6 Å². The Morgan fingerprint density at radius 3 is 2.83 bits per heavy atom. The van der Waals surface area contributed by atoms with E-state index in [-0.39, 0.29) is 17.9 Å². The van der Waals surface area contributed by atoms with Crippen molar-refractivity contribution in [2.24, 2.45) is 11.7 Å². The van der Waals surface area contributed by atoms with Gasteiger partial charge in [-0.05, 0) is 43.5 Å². The number of likely N-dealkylation sites (tertiary alicyclic amines) is 1. The summed E-state index contributed by atoms with van der Waals surface area (Å²) in [5.41, 5.74) is 7.08. The molecule has 1 aromatic carbocycles. The molecule has 1 aliphatic heterocycles. The number of halogens is 2. The van der Waals surface area contributed by atoms with Gasteiger partial charge in [-0.15, -0.1) is 0 Å². The van der Waals surface area contributed by atoms with Gasteiger partial charge in [0, 0.05) is 23.7 Å². The molecule has 0 aromatic heterocycles. The zero-order valence-corrected chi connectivity index (χ0v) is 11.6. The van der Waals surface area contributed by atoms with Crippen LogP contribution in [0.1, 0.15) is 31.9 Å². The summed E-state index contributed by atoms with van der Waals surface area (Å²) in [5, 5.41) is 0.495. The van der Waals surface area contributed by atoms with Gasteiger partial charge in [-0.25, -0.2) is 4.39 Å². The van der Waals surface area contributed by atoms with Gasteiger partial charge in [-0.2, -0.15) is 0 Å². The minimum Gasteiger partial charge on any atom is -0.326 e. The minimum atomic E-state index is -0.292. The van der Waals surface area contributed by atoms with Crippen molar-refractivity contribution in [3.63, 3.8) is 0 Å². The quantitative estimate of drug-likeness (QED) is 0.894. The Kier molecular flexibility index (Phi) is 4.25. The van der Waals surface area contributed by atoms with Crippen molar-refractivity contribution in [2.75, 3.05) is 13.1 Å². The molecule has 0 amide bonds. The third kappa shape index (κ3) is 2.85. The van der Waals surface area contributed by atoms with Crippen molar-refractivity contribution in [1.29, 1.82) is 0 Å². The standard InChI is InChI=1S/C14H20ClFN2/c1-9-5-6-18(8-14(9)17)10(2)12-4-3-11(16)7-13(12)15/h3-4,7,9-10,14H,5-6,8,17H2,1-2H3. The number of hydrogen-bond acceptors (Lipinski definition) is 2. The second-order valence-electron chi connectivity index (χ2n) is 5.27. The Bertz CT molecular complexity index is 424. The summed E-state index contributed by atoms with van der Waals surface area (Å²) >= 11 is 6.11. The highest BCUT2D eigenvalue weighted by Gasteiger charge is 2.27. The van der Waals surface area contributed by atoms with E-state index in [1.54, 1.807) is 6.07 Å². The van der Waals surface area contributed by atoms with E-state index >= 15 is 0 Å². The highest BCUT2D eigenvalue weighted by molar-refractivity contribution is 6.31. The monoisotopic (exact) mass is 270 g/mol. The van der Waals surface area contributed by atoms with Gasteiger partial charge >= 0.3 is 0 Å². The average molecular weight is 271 g/mol. The number of nitrogens with zero attached hydrogens (tertiary/aromatic N) is 1. The van der Waals surface area contributed by atoms with E-state index in [1.807, 2.05) is 0 Å². The third-order valence-electron chi connectivity index (χ3n) is 4.01. The smallest absolute Gasteiger partial charge is 0.124 e. The number of benzene rings is 1. The molecule has 2 rings (SSSR count). The fourth-order valence-electron chi connectivity index (χ4n) is 2.51. The van der Waals surface area contributed by atoms with Crippen LogP contribution in [0.25, 0.3) is 0 Å². The molecule has 100 valence electrons. The van der Waals surface area contributed by atoms with Crippen LogP contribution in [0.5, 0.6) is 0 Å². The van der Waals surface area contributed by atoms with E-state index in [9.17, 15) is 4.39 Å². The lowest BCUT2D eigenvalue weighted by atomic mass is 9.92. The van der Waals surface area contributed by atoms with Crippen LogP contribution in [0.2, 0.25) is 5.02 Å². The van der Waals surface area contributed by atoms with Crippen LogP contribution in [-0.2, 0) is 0 Å². The average Bonchev–Trinajstić information content (AvgIpc) is 2.32. The van der Waals surface area contributed by atoms with Gasteiger partial charge in [0.05, 0.1) is 0 Å². The van der Waals surface area contributed by atoms with E-state index < -0.39 is 0 Å². The maximum Gasteiger partial charge on any atom is 0.124 e. The van der Waals surface area contributed by atoms with Crippen LogP contribution in [0.4, 0.5) is 4.39 Å². The zero-order chi connectivity index (χ0) is 13.3. The molecule has 4 heteroatoms. The fraction of sp³-hybridized carbons (Fsp3) is 0.571. The molecule has 0 bridgehead atoms. The zero-order valence-electron chi connectivity index (χ0n) is 10.9. The maximum absolute atomic E-state index is 13.0. The number of hydrogen-bond donors (Lipinski definition) is 1. The predicted octanol–water partition coefficient (Wildman–Crippen LogP) is 3.21. The fourth-order valence-corrected chi connectivity index (χ4v) is 2.84. The van der Waals surface area contributed by atoms with E-state index in [4.69, 9.17) is 17.3 Å². The molecule has 1 saturated heterocycles. The lowest BCUT2D eigenvalue weighted by Gasteiger charge is -2.39. The normalized spacial score (nSPS) is 27.2. The van der Waals surface area contributed by atoms with Crippen LogP contribution >= 0.6 is 11.6 Å². The maximum atomic E-state index is 13.0. The van der Waals surface area contributed by atoms with E-state index in [0.29, 0.717) is 10.9 Å². The Balaban J connectivity index is 2.13. The first-order valence-electron chi connectivity index (χ1n) is 6.43. The Morgan fingerprint density at radius 2 is 2.22 bits per heavy atom. The molecule has 3 unspecified atom stereocenters. The van der Waals surface area contributed by atoms with Crippen molar-refractivity contribution in [2.45, 2.75) is 32.4 Å². The molecule has 1 aliphatic rings. The molecule has 1 aromatic rings. The number of rotatable bonds is 2. The summed E-state index contributed by atoms with van der Waals surface area (Å²) in [5.74, 6) is 0.275. The second kappa shape index (κ2) is 5.55. The van der Waals surface area contributed by atoms with E-state index in [0.717, 1.165) is 25.1 Å². The van der Waals surface area contributed by atoms with Crippen molar-refractivity contribution in [3.8, 4) is 0 Å². The van der Waals surface area contributed by atoms with Crippen molar-refractivity contribution in [1.82, 2.24) is 4.90 Å². The lowest BCUT2D eigenvalue weighted by molar-refractivity contribution is 0.128. The summed E-state index contributed by atoms with van der Waals surface area (Å²) in [4.78, 5) is 2.32. The summed E-state index contributed by atoms with van der Waals surface area (Å²) in [6.45, 7) is 6.18. The van der Waals surface area contributed by atoms with Gasteiger partial charge in [0.1, 0.15) is 5.82 Å². The predicted molar refractivity (Wildman–Crippen MR) is 73.2 cm³/mol. The van der Waals surface area contributed by atoms with Crippen LogP contribution in [0.15, 0.2) is 18.2 Å². The summed E-state index contributed by atoms with van der Waals surface area (Å²) in [6.07, 6.45) is 1.10. The molecule has 0 aliphatic carbocycles. The SMILES string of the molecule is CC1CCN(C(C)c2ccc(F)cc2Cl)CC1N. The third-order valence-corrected chi connectivity index (χ3v) is 4.34. The van der Waals surface area contributed by atoms with Crippen molar-refractivity contribution in [3.05, 3.63) is 34.6 Å². The largest absolute Gasteiger partial charge is 0.326 e. The first kappa shape index (κ1) is 13.8. The van der Waals surface area contributed by atoms with Gasteiger partial charge in [0.2, 0.25) is 0 Å². The molecule has 18 heavy (non-hydrogen) atoms. The summed E-state index contributed by atoms with van der Waals surface area (Å²) in [6, 6.07) is 4.99. The van der Waals surface area contributed by atoms with Gasteiger partial charge in [0.15, 0.2) is 0 Å². The first-order chi connectivity index (χ1) is 8.49.